The Hall–Kier alpha value is -0.420. The third kappa shape index (κ3) is 3.12. The van der Waals surface area contributed by atoms with E-state index in [9.17, 15) is 0 Å². The van der Waals surface area contributed by atoms with Gasteiger partial charge in [0.2, 0.25) is 0 Å². The quantitative estimate of drug-likeness (QED) is 0.891. The van der Waals surface area contributed by atoms with E-state index in [0.717, 1.165) is 32.5 Å². The zero-order valence-corrected chi connectivity index (χ0v) is 12.2. The summed E-state index contributed by atoms with van der Waals surface area (Å²) in [5.74, 6) is 0. The number of hydrogen-bond acceptors (Lipinski definition) is 4. The van der Waals surface area contributed by atoms with E-state index in [-0.39, 0.29) is 0 Å². The van der Waals surface area contributed by atoms with Gasteiger partial charge in [0.1, 0.15) is 0 Å². The number of rotatable bonds is 5. The molecule has 2 atom stereocenters. The molecular formula is C14H24N2OS. The highest BCUT2D eigenvalue weighted by atomic mass is 32.1. The number of thiophene rings is 1. The van der Waals surface area contributed by atoms with Gasteiger partial charge in [0.25, 0.3) is 0 Å². The Morgan fingerprint density at radius 2 is 2.33 bits per heavy atom. The van der Waals surface area contributed by atoms with Gasteiger partial charge in [0, 0.05) is 29.4 Å². The average Bonchev–Trinajstić information content (AvgIpc) is 2.88. The maximum Gasteiger partial charge on any atom is 0.0700 e. The lowest BCUT2D eigenvalue weighted by Gasteiger charge is -2.37. The summed E-state index contributed by atoms with van der Waals surface area (Å²) in [6.07, 6.45) is 2.57. The first-order valence-electron chi connectivity index (χ1n) is 6.92. The molecule has 1 aliphatic rings. The fraction of sp³-hybridized carbons (Fsp3) is 0.714. The second kappa shape index (κ2) is 6.66. The van der Waals surface area contributed by atoms with Gasteiger partial charge in [-0.2, -0.15) is 0 Å². The highest BCUT2D eigenvalue weighted by Crippen LogP contribution is 2.29. The van der Waals surface area contributed by atoms with Gasteiger partial charge in [-0.3, -0.25) is 4.90 Å². The van der Waals surface area contributed by atoms with Gasteiger partial charge in [-0.25, -0.2) is 0 Å². The summed E-state index contributed by atoms with van der Waals surface area (Å²) in [7, 11) is 0. The average molecular weight is 268 g/mol. The van der Waals surface area contributed by atoms with Crippen LogP contribution in [0.25, 0.3) is 0 Å². The van der Waals surface area contributed by atoms with Crippen molar-refractivity contribution < 1.29 is 4.74 Å². The third-order valence-electron chi connectivity index (χ3n) is 3.65. The molecule has 1 aromatic heterocycles. The molecule has 3 nitrogen and oxygen atoms in total. The minimum atomic E-state index is 0.369. The molecule has 1 fully saturated rings. The molecule has 2 rings (SSSR count). The Bertz CT molecular complexity index is 366. The second-order valence-electron chi connectivity index (χ2n) is 4.81. The molecular weight excluding hydrogens is 244 g/mol. The molecule has 0 aliphatic carbocycles. The predicted octanol–water partition coefficient (Wildman–Crippen LogP) is 2.42. The Kier molecular flexibility index (Phi) is 5.18. The SMILES string of the molecule is CCc1ccc(C(CN)N2CCOC(CC)C2)s1. The largest absolute Gasteiger partial charge is 0.376 e. The molecule has 0 spiro atoms. The third-order valence-corrected chi connectivity index (χ3v) is 4.98. The number of nitrogens with two attached hydrogens (primary N) is 1. The molecule has 2 heterocycles. The van der Waals surface area contributed by atoms with Crippen molar-refractivity contribution in [2.24, 2.45) is 5.73 Å². The minimum Gasteiger partial charge on any atom is -0.376 e. The van der Waals surface area contributed by atoms with E-state index in [1.807, 2.05) is 11.3 Å². The monoisotopic (exact) mass is 268 g/mol. The summed E-state index contributed by atoms with van der Waals surface area (Å²) < 4.78 is 5.74. The number of morpholine rings is 1. The lowest BCUT2D eigenvalue weighted by molar-refractivity contribution is -0.0432. The van der Waals surface area contributed by atoms with Crippen molar-refractivity contribution in [1.82, 2.24) is 4.90 Å². The van der Waals surface area contributed by atoms with Crippen molar-refractivity contribution in [3.63, 3.8) is 0 Å². The molecule has 4 heteroatoms. The Morgan fingerprint density at radius 1 is 1.50 bits per heavy atom. The van der Waals surface area contributed by atoms with Crippen molar-refractivity contribution in [2.45, 2.75) is 38.8 Å². The van der Waals surface area contributed by atoms with Crippen LogP contribution in [0.3, 0.4) is 0 Å². The van der Waals surface area contributed by atoms with Crippen LogP contribution in [0.4, 0.5) is 0 Å². The van der Waals surface area contributed by atoms with Crippen molar-refractivity contribution in [3.05, 3.63) is 21.9 Å². The Balaban J connectivity index is 2.07. The molecule has 0 radical (unpaired) electrons. The normalized spacial score (nSPS) is 23.2. The lowest BCUT2D eigenvalue weighted by Crippen LogP contribution is -2.45. The molecule has 0 bridgehead atoms. The highest BCUT2D eigenvalue weighted by molar-refractivity contribution is 7.12. The van der Waals surface area contributed by atoms with E-state index in [1.165, 1.54) is 9.75 Å². The van der Waals surface area contributed by atoms with Crippen LogP contribution in [0, 0.1) is 0 Å². The van der Waals surface area contributed by atoms with E-state index >= 15 is 0 Å². The number of nitrogens with zero attached hydrogens (tertiary/aromatic N) is 1. The van der Waals surface area contributed by atoms with Crippen molar-refractivity contribution in [2.75, 3.05) is 26.2 Å². The smallest absolute Gasteiger partial charge is 0.0700 e. The van der Waals surface area contributed by atoms with Gasteiger partial charge in [-0.05, 0) is 25.0 Å². The molecule has 1 aromatic rings. The van der Waals surface area contributed by atoms with Crippen LogP contribution in [0.5, 0.6) is 0 Å². The first-order valence-corrected chi connectivity index (χ1v) is 7.74. The Labute approximate surface area is 114 Å². The van der Waals surface area contributed by atoms with Gasteiger partial charge in [-0.1, -0.05) is 13.8 Å². The highest BCUT2D eigenvalue weighted by Gasteiger charge is 2.26. The molecule has 0 amide bonds. The summed E-state index contributed by atoms with van der Waals surface area (Å²) >= 11 is 1.91. The minimum absolute atomic E-state index is 0.369. The van der Waals surface area contributed by atoms with Crippen molar-refractivity contribution in [3.8, 4) is 0 Å². The lowest BCUT2D eigenvalue weighted by atomic mass is 10.1. The molecule has 1 saturated heterocycles. The molecule has 1 aliphatic heterocycles. The van der Waals surface area contributed by atoms with Crippen LogP contribution in [0.1, 0.15) is 36.1 Å². The second-order valence-corrected chi connectivity index (χ2v) is 6.01. The summed E-state index contributed by atoms with van der Waals surface area (Å²) in [4.78, 5) is 5.35. The summed E-state index contributed by atoms with van der Waals surface area (Å²) in [5, 5.41) is 0. The topological polar surface area (TPSA) is 38.5 Å². The van der Waals surface area contributed by atoms with Crippen LogP contribution >= 0.6 is 11.3 Å². The van der Waals surface area contributed by atoms with Crippen LogP contribution in [0.15, 0.2) is 12.1 Å². The van der Waals surface area contributed by atoms with Crippen LogP contribution in [0.2, 0.25) is 0 Å². The molecule has 18 heavy (non-hydrogen) atoms. The molecule has 0 aromatic carbocycles. The van der Waals surface area contributed by atoms with E-state index in [4.69, 9.17) is 10.5 Å². The molecule has 2 unspecified atom stereocenters. The maximum absolute atomic E-state index is 6.00. The van der Waals surface area contributed by atoms with Gasteiger partial charge in [-0.15, -0.1) is 11.3 Å². The summed E-state index contributed by atoms with van der Waals surface area (Å²) in [6.45, 7) is 7.93. The van der Waals surface area contributed by atoms with E-state index in [0.29, 0.717) is 18.7 Å². The fourth-order valence-corrected chi connectivity index (χ4v) is 3.58. The van der Waals surface area contributed by atoms with Gasteiger partial charge in [0.05, 0.1) is 18.8 Å². The van der Waals surface area contributed by atoms with Crippen LogP contribution in [-0.2, 0) is 11.2 Å². The van der Waals surface area contributed by atoms with Crippen LogP contribution in [-0.4, -0.2) is 37.2 Å². The Morgan fingerprint density at radius 3 is 2.94 bits per heavy atom. The first-order chi connectivity index (χ1) is 8.78. The molecule has 102 valence electrons. The van der Waals surface area contributed by atoms with Crippen molar-refractivity contribution >= 4 is 11.3 Å². The summed E-state index contributed by atoms with van der Waals surface area (Å²) in [5.41, 5.74) is 6.00. The van der Waals surface area contributed by atoms with Gasteiger partial charge < -0.3 is 10.5 Å². The van der Waals surface area contributed by atoms with E-state index in [1.54, 1.807) is 0 Å². The number of ether oxygens (including phenoxy) is 1. The van der Waals surface area contributed by atoms with E-state index in [2.05, 4.69) is 30.9 Å². The fourth-order valence-electron chi connectivity index (χ4n) is 2.48. The van der Waals surface area contributed by atoms with Crippen molar-refractivity contribution in [1.29, 1.82) is 0 Å². The maximum atomic E-state index is 6.00. The zero-order valence-electron chi connectivity index (χ0n) is 11.4. The van der Waals surface area contributed by atoms with Crippen LogP contribution < -0.4 is 5.73 Å². The number of hydrogen-bond donors (Lipinski definition) is 1. The first kappa shape index (κ1) is 14.0. The number of aryl methyl sites for hydroxylation is 1. The predicted molar refractivity (Wildman–Crippen MR) is 77.1 cm³/mol. The summed E-state index contributed by atoms with van der Waals surface area (Å²) in [6, 6.07) is 4.85. The van der Waals surface area contributed by atoms with E-state index < -0.39 is 0 Å². The van der Waals surface area contributed by atoms with Gasteiger partial charge in [0.15, 0.2) is 0 Å². The molecule has 2 N–H and O–H groups in total. The standard InChI is InChI=1S/C14H24N2OS/c1-3-11-10-16(7-8-17-11)13(9-15)14-6-5-12(4-2)18-14/h5-6,11,13H,3-4,7-10,15H2,1-2H3. The molecule has 0 saturated carbocycles. The zero-order chi connectivity index (χ0) is 13.0. The van der Waals surface area contributed by atoms with Gasteiger partial charge >= 0.3 is 0 Å².